The van der Waals surface area contributed by atoms with E-state index >= 15 is 0 Å². The van der Waals surface area contributed by atoms with Gasteiger partial charge < -0.3 is 20.1 Å². The fourth-order valence-electron chi connectivity index (χ4n) is 3.89. The van der Waals surface area contributed by atoms with Crippen molar-refractivity contribution in [2.24, 2.45) is 0 Å². The molecular weight excluding hydrogens is 400 g/mol. The summed E-state index contributed by atoms with van der Waals surface area (Å²) in [7, 11) is 2.15. The summed E-state index contributed by atoms with van der Waals surface area (Å²) in [6.07, 6.45) is 3.14. The molecule has 5 rings (SSSR count). The monoisotopic (exact) mass is 422 g/mol. The van der Waals surface area contributed by atoms with Crippen LogP contribution in [0.4, 0.5) is 11.6 Å². The molecule has 1 aliphatic heterocycles. The predicted octanol–water partition coefficient (Wildman–Crippen LogP) is 3.48. The second-order valence-corrected chi connectivity index (χ2v) is 8.10. The molecule has 1 unspecified atom stereocenters. The summed E-state index contributed by atoms with van der Waals surface area (Å²) in [5.41, 5.74) is 2.36. The van der Waals surface area contributed by atoms with Crippen molar-refractivity contribution in [2.75, 3.05) is 43.4 Å². The lowest BCUT2D eigenvalue weighted by atomic mass is 10.1. The van der Waals surface area contributed by atoms with Crippen molar-refractivity contribution in [2.45, 2.75) is 13.0 Å². The Labute approximate surface area is 179 Å². The molecule has 4 aromatic rings. The molecule has 154 valence electrons. The average molecular weight is 423 g/mol. The summed E-state index contributed by atoms with van der Waals surface area (Å²) in [6, 6.07) is 8.04. The van der Waals surface area contributed by atoms with Crippen LogP contribution in [0.1, 0.15) is 18.7 Å². The van der Waals surface area contributed by atoms with Crippen LogP contribution in [0.5, 0.6) is 0 Å². The number of aromatic nitrogens is 5. The maximum Gasteiger partial charge on any atom is 0.182 e. The Bertz CT molecular complexity index is 1200. The van der Waals surface area contributed by atoms with Crippen LogP contribution in [0.3, 0.4) is 0 Å². The molecular formula is C21H23ClN8. The summed E-state index contributed by atoms with van der Waals surface area (Å²) in [4.78, 5) is 25.6. The fourth-order valence-corrected chi connectivity index (χ4v) is 4.16. The van der Waals surface area contributed by atoms with Crippen molar-refractivity contribution in [3.8, 4) is 0 Å². The highest BCUT2D eigenvalue weighted by molar-refractivity contribution is 6.36. The molecule has 8 nitrogen and oxygen atoms in total. The van der Waals surface area contributed by atoms with Gasteiger partial charge in [0, 0.05) is 31.6 Å². The predicted molar refractivity (Wildman–Crippen MR) is 120 cm³/mol. The molecule has 0 radical (unpaired) electrons. The van der Waals surface area contributed by atoms with Crippen LogP contribution in [0.2, 0.25) is 5.02 Å². The van der Waals surface area contributed by atoms with Gasteiger partial charge in [0.05, 0.1) is 23.1 Å². The van der Waals surface area contributed by atoms with Crippen LogP contribution in [0, 0.1) is 0 Å². The summed E-state index contributed by atoms with van der Waals surface area (Å²) in [5, 5.41) is 6.29. The number of hydrogen-bond acceptors (Lipinski definition) is 7. The third kappa shape index (κ3) is 3.42. The first-order valence-electron chi connectivity index (χ1n) is 10.0. The minimum absolute atomic E-state index is 0.0685. The van der Waals surface area contributed by atoms with E-state index in [-0.39, 0.29) is 6.04 Å². The number of halogens is 1. The molecule has 30 heavy (non-hydrogen) atoms. The maximum absolute atomic E-state index is 6.60. The van der Waals surface area contributed by atoms with Crippen molar-refractivity contribution in [1.82, 2.24) is 29.8 Å². The molecule has 1 aromatic carbocycles. The number of hydrogen-bond donors (Lipinski definition) is 2. The Balaban J connectivity index is 1.55. The maximum atomic E-state index is 6.60. The van der Waals surface area contributed by atoms with E-state index in [1.54, 1.807) is 6.33 Å². The smallest absolute Gasteiger partial charge is 0.182 e. The number of H-pyrrole nitrogens is 1. The van der Waals surface area contributed by atoms with Gasteiger partial charge in [-0.3, -0.25) is 0 Å². The van der Waals surface area contributed by atoms with Gasteiger partial charge in [0.15, 0.2) is 11.5 Å². The number of imidazole rings is 1. The first kappa shape index (κ1) is 19.0. The zero-order valence-corrected chi connectivity index (χ0v) is 17.7. The fraction of sp³-hybridized carbons (Fsp3) is 0.333. The molecule has 1 fully saturated rings. The van der Waals surface area contributed by atoms with E-state index in [2.05, 4.69) is 61.2 Å². The van der Waals surface area contributed by atoms with E-state index in [1.165, 1.54) is 6.33 Å². The lowest BCUT2D eigenvalue weighted by Gasteiger charge is -2.34. The molecule has 9 heteroatoms. The van der Waals surface area contributed by atoms with Gasteiger partial charge in [-0.25, -0.2) is 19.9 Å². The Morgan fingerprint density at radius 2 is 1.97 bits per heavy atom. The third-order valence-electron chi connectivity index (χ3n) is 5.63. The Hall–Kier alpha value is -2.97. The van der Waals surface area contributed by atoms with Crippen LogP contribution < -0.4 is 10.2 Å². The van der Waals surface area contributed by atoms with Gasteiger partial charge in [0.25, 0.3) is 0 Å². The van der Waals surface area contributed by atoms with E-state index in [9.17, 15) is 0 Å². The Morgan fingerprint density at radius 1 is 1.13 bits per heavy atom. The van der Waals surface area contributed by atoms with E-state index in [0.717, 1.165) is 59.0 Å². The van der Waals surface area contributed by atoms with Crippen molar-refractivity contribution >= 4 is 45.2 Å². The quantitative estimate of drug-likeness (QED) is 0.520. The molecule has 3 aromatic heterocycles. The zero-order chi connectivity index (χ0) is 20.7. The van der Waals surface area contributed by atoms with Gasteiger partial charge in [-0.2, -0.15) is 0 Å². The van der Waals surface area contributed by atoms with Crippen LogP contribution >= 0.6 is 11.6 Å². The van der Waals surface area contributed by atoms with Gasteiger partial charge in [-0.05, 0) is 31.5 Å². The molecule has 0 saturated carbocycles. The van der Waals surface area contributed by atoms with E-state index < -0.39 is 0 Å². The molecule has 1 saturated heterocycles. The average Bonchev–Trinajstić information content (AvgIpc) is 3.24. The topological polar surface area (TPSA) is 85.9 Å². The van der Waals surface area contributed by atoms with Crippen LogP contribution in [0.15, 0.2) is 36.9 Å². The van der Waals surface area contributed by atoms with Gasteiger partial charge in [-0.1, -0.05) is 23.7 Å². The SMILES string of the molecule is CC(Nc1ncnc2nc[nH]c12)c1cc2cccc(Cl)c2c(N2CCN(C)CC2)n1. The van der Waals surface area contributed by atoms with E-state index in [4.69, 9.17) is 16.6 Å². The minimum atomic E-state index is -0.0685. The number of anilines is 2. The van der Waals surface area contributed by atoms with Crippen molar-refractivity contribution in [1.29, 1.82) is 0 Å². The molecule has 1 aliphatic rings. The molecule has 0 aliphatic carbocycles. The molecule has 1 atom stereocenters. The highest BCUT2D eigenvalue weighted by Crippen LogP contribution is 2.34. The van der Waals surface area contributed by atoms with Gasteiger partial charge in [0.2, 0.25) is 0 Å². The van der Waals surface area contributed by atoms with Gasteiger partial charge in [0.1, 0.15) is 17.7 Å². The lowest BCUT2D eigenvalue weighted by molar-refractivity contribution is 0.312. The lowest BCUT2D eigenvalue weighted by Crippen LogP contribution is -2.45. The number of nitrogens with zero attached hydrogens (tertiary/aromatic N) is 6. The first-order chi connectivity index (χ1) is 14.6. The van der Waals surface area contributed by atoms with E-state index in [0.29, 0.717) is 11.5 Å². The Morgan fingerprint density at radius 3 is 2.80 bits per heavy atom. The largest absolute Gasteiger partial charge is 0.360 e. The van der Waals surface area contributed by atoms with Gasteiger partial charge in [-0.15, -0.1) is 0 Å². The zero-order valence-electron chi connectivity index (χ0n) is 16.9. The number of piperazine rings is 1. The number of pyridine rings is 1. The van der Waals surface area contributed by atoms with Crippen molar-refractivity contribution in [3.63, 3.8) is 0 Å². The molecule has 0 amide bonds. The highest BCUT2D eigenvalue weighted by Gasteiger charge is 2.21. The normalized spacial score (nSPS) is 16.3. The second-order valence-electron chi connectivity index (χ2n) is 7.69. The van der Waals surface area contributed by atoms with Crippen LogP contribution in [-0.4, -0.2) is 63.0 Å². The van der Waals surface area contributed by atoms with Crippen molar-refractivity contribution in [3.05, 3.63) is 47.6 Å². The highest BCUT2D eigenvalue weighted by atomic mass is 35.5. The number of fused-ring (bicyclic) bond motifs is 2. The minimum Gasteiger partial charge on any atom is -0.360 e. The van der Waals surface area contributed by atoms with Crippen LogP contribution in [0.25, 0.3) is 21.9 Å². The van der Waals surface area contributed by atoms with Crippen LogP contribution in [-0.2, 0) is 0 Å². The van der Waals surface area contributed by atoms with Gasteiger partial charge >= 0.3 is 0 Å². The number of nitrogens with one attached hydrogen (secondary N) is 2. The summed E-state index contributed by atoms with van der Waals surface area (Å²) in [5.74, 6) is 1.66. The number of likely N-dealkylation sites (N-methyl/N-ethyl adjacent to an activating group) is 1. The molecule has 0 bridgehead atoms. The third-order valence-corrected chi connectivity index (χ3v) is 5.95. The molecule has 4 heterocycles. The summed E-state index contributed by atoms with van der Waals surface area (Å²) < 4.78 is 0. The molecule has 2 N–H and O–H groups in total. The number of benzene rings is 1. The molecule has 0 spiro atoms. The van der Waals surface area contributed by atoms with Crippen molar-refractivity contribution < 1.29 is 0 Å². The second kappa shape index (κ2) is 7.70. The van der Waals surface area contributed by atoms with E-state index in [1.807, 2.05) is 12.1 Å². The first-order valence-corrected chi connectivity index (χ1v) is 10.4. The standard InChI is InChI=1S/C21H23ClN8/c1-13(27-20-18-19(24-11-23-18)25-12-26-20)16-10-14-4-3-5-15(22)17(14)21(28-16)30-8-6-29(2)7-9-30/h3-5,10-13H,6-9H2,1-2H3,(H2,23,24,25,26,27). The summed E-state index contributed by atoms with van der Waals surface area (Å²) >= 11 is 6.60. The number of rotatable bonds is 4. The number of aromatic amines is 1. The summed E-state index contributed by atoms with van der Waals surface area (Å²) in [6.45, 7) is 5.94. The Kier molecular flexibility index (Phi) is 4.88.